The van der Waals surface area contributed by atoms with Crippen LogP contribution in [0.1, 0.15) is 31.5 Å². The van der Waals surface area contributed by atoms with Crippen LogP contribution in [-0.2, 0) is 6.42 Å². The van der Waals surface area contributed by atoms with Gasteiger partial charge in [0.25, 0.3) is 0 Å². The summed E-state index contributed by atoms with van der Waals surface area (Å²) in [6.07, 6.45) is 4.82. The lowest BCUT2D eigenvalue weighted by Crippen LogP contribution is -2.10. The lowest BCUT2D eigenvalue weighted by molar-refractivity contribution is 0.449. The SMILES string of the molecule is Cc1ccc(-c2nnc(CCC(C)(C)C#N)c3cnccc23)c(O)c1. The topological polar surface area (TPSA) is 82.7 Å². The first-order chi connectivity index (χ1) is 11.9. The predicted molar refractivity (Wildman–Crippen MR) is 96.9 cm³/mol. The molecule has 1 aromatic carbocycles. The molecule has 0 saturated heterocycles. The molecule has 0 atom stereocenters. The summed E-state index contributed by atoms with van der Waals surface area (Å²) in [6, 6.07) is 9.71. The first-order valence-electron chi connectivity index (χ1n) is 8.22. The molecule has 5 heteroatoms. The molecule has 1 N–H and O–H groups in total. The van der Waals surface area contributed by atoms with E-state index in [1.165, 1.54) is 0 Å². The third-order valence-corrected chi connectivity index (χ3v) is 4.36. The maximum atomic E-state index is 10.3. The van der Waals surface area contributed by atoms with Gasteiger partial charge in [0, 0.05) is 28.7 Å². The van der Waals surface area contributed by atoms with Crippen molar-refractivity contribution in [3.05, 3.63) is 47.9 Å². The molecule has 2 heterocycles. The van der Waals surface area contributed by atoms with Crippen LogP contribution in [0.2, 0.25) is 0 Å². The summed E-state index contributed by atoms with van der Waals surface area (Å²) in [5.41, 5.74) is 2.68. The lowest BCUT2D eigenvalue weighted by atomic mass is 9.88. The van der Waals surface area contributed by atoms with Crippen LogP contribution in [0.4, 0.5) is 0 Å². The summed E-state index contributed by atoms with van der Waals surface area (Å²) >= 11 is 0. The highest BCUT2D eigenvalue weighted by Crippen LogP contribution is 2.34. The molecule has 0 saturated carbocycles. The number of hydrogen-bond donors (Lipinski definition) is 1. The van der Waals surface area contributed by atoms with Crippen molar-refractivity contribution >= 4 is 10.8 Å². The zero-order valence-electron chi connectivity index (χ0n) is 14.6. The Morgan fingerprint density at radius 1 is 1.16 bits per heavy atom. The average Bonchev–Trinajstić information content (AvgIpc) is 2.60. The number of hydrogen-bond acceptors (Lipinski definition) is 5. The molecule has 0 fully saturated rings. The molecule has 0 unspecified atom stereocenters. The minimum Gasteiger partial charge on any atom is -0.507 e. The minimum atomic E-state index is -0.413. The highest BCUT2D eigenvalue weighted by molar-refractivity contribution is 5.96. The number of fused-ring (bicyclic) bond motifs is 1. The van der Waals surface area contributed by atoms with Gasteiger partial charge in [-0.2, -0.15) is 10.4 Å². The van der Waals surface area contributed by atoms with E-state index in [1.54, 1.807) is 18.5 Å². The number of nitriles is 1. The second-order valence-corrected chi connectivity index (χ2v) is 6.93. The molecular weight excluding hydrogens is 312 g/mol. The zero-order chi connectivity index (χ0) is 18.0. The number of aryl methyl sites for hydroxylation is 2. The Kier molecular flexibility index (Phi) is 4.37. The van der Waals surface area contributed by atoms with E-state index in [0.29, 0.717) is 24.1 Å². The highest BCUT2D eigenvalue weighted by Gasteiger charge is 2.19. The van der Waals surface area contributed by atoms with E-state index in [-0.39, 0.29) is 5.75 Å². The molecule has 0 amide bonds. The summed E-state index contributed by atoms with van der Waals surface area (Å²) in [6.45, 7) is 5.76. The molecule has 0 aliphatic carbocycles. The Hall–Kier alpha value is -3.00. The molecule has 2 aromatic heterocycles. The van der Waals surface area contributed by atoms with Crippen molar-refractivity contribution in [1.29, 1.82) is 5.26 Å². The molecule has 0 bridgehead atoms. The Bertz CT molecular complexity index is 973. The van der Waals surface area contributed by atoms with Crippen LogP contribution in [0.3, 0.4) is 0 Å². The normalized spacial score (nSPS) is 11.4. The van der Waals surface area contributed by atoms with Crippen molar-refractivity contribution in [3.8, 4) is 23.1 Å². The second-order valence-electron chi connectivity index (χ2n) is 6.93. The summed E-state index contributed by atoms with van der Waals surface area (Å²) < 4.78 is 0. The van der Waals surface area contributed by atoms with Gasteiger partial charge in [0.05, 0.1) is 17.2 Å². The molecule has 0 spiro atoms. The van der Waals surface area contributed by atoms with Gasteiger partial charge < -0.3 is 5.11 Å². The van der Waals surface area contributed by atoms with Crippen LogP contribution in [0.15, 0.2) is 36.7 Å². The van der Waals surface area contributed by atoms with E-state index in [1.807, 2.05) is 39.0 Å². The van der Waals surface area contributed by atoms with Gasteiger partial charge in [0.15, 0.2) is 0 Å². The van der Waals surface area contributed by atoms with E-state index in [2.05, 4.69) is 21.3 Å². The molecule has 126 valence electrons. The van der Waals surface area contributed by atoms with E-state index >= 15 is 0 Å². The number of phenolic OH excluding ortho intramolecular Hbond substituents is 1. The van der Waals surface area contributed by atoms with E-state index in [0.717, 1.165) is 22.0 Å². The minimum absolute atomic E-state index is 0.186. The van der Waals surface area contributed by atoms with Crippen LogP contribution < -0.4 is 0 Å². The fourth-order valence-corrected chi connectivity index (χ4v) is 2.76. The van der Waals surface area contributed by atoms with Gasteiger partial charge in [0.2, 0.25) is 0 Å². The van der Waals surface area contributed by atoms with Gasteiger partial charge in [-0.3, -0.25) is 4.98 Å². The number of nitrogens with zero attached hydrogens (tertiary/aromatic N) is 4. The largest absolute Gasteiger partial charge is 0.507 e. The maximum absolute atomic E-state index is 10.3. The number of pyridine rings is 1. The Balaban J connectivity index is 2.09. The third kappa shape index (κ3) is 3.43. The molecule has 3 aromatic rings. The molecule has 0 aliphatic heterocycles. The van der Waals surface area contributed by atoms with Crippen LogP contribution in [0.5, 0.6) is 5.75 Å². The monoisotopic (exact) mass is 332 g/mol. The standard InChI is InChI=1S/C20H20N4O/c1-13-4-5-15(18(25)10-13)19-14-7-9-22-11-16(14)17(23-24-19)6-8-20(2,3)12-21/h4-5,7,9-11,25H,6,8H2,1-3H3. The van der Waals surface area contributed by atoms with Crippen molar-refractivity contribution in [1.82, 2.24) is 15.2 Å². The molecule has 5 nitrogen and oxygen atoms in total. The van der Waals surface area contributed by atoms with Crippen LogP contribution >= 0.6 is 0 Å². The first-order valence-corrected chi connectivity index (χ1v) is 8.22. The van der Waals surface area contributed by atoms with Crippen molar-refractivity contribution in [2.45, 2.75) is 33.6 Å². The summed E-state index contributed by atoms with van der Waals surface area (Å²) in [5.74, 6) is 0.186. The van der Waals surface area contributed by atoms with Gasteiger partial charge in [-0.05, 0) is 57.4 Å². The fraction of sp³-hybridized carbons (Fsp3) is 0.300. The number of rotatable bonds is 4. The van der Waals surface area contributed by atoms with Crippen LogP contribution in [0.25, 0.3) is 22.0 Å². The van der Waals surface area contributed by atoms with E-state index < -0.39 is 5.41 Å². The van der Waals surface area contributed by atoms with Crippen LogP contribution in [0, 0.1) is 23.7 Å². The molecule has 3 rings (SSSR count). The first kappa shape index (κ1) is 16.8. The van der Waals surface area contributed by atoms with Crippen LogP contribution in [-0.4, -0.2) is 20.3 Å². The van der Waals surface area contributed by atoms with E-state index in [4.69, 9.17) is 0 Å². The molecule has 0 aliphatic rings. The van der Waals surface area contributed by atoms with Crippen molar-refractivity contribution in [2.75, 3.05) is 0 Å². The molecular formula is C20H20N4O. The summed E-state index contributed by atoms with van der Waals surface area (Å²) in [7, 11) is 0. The van der Waals surface area contributed by atoms with Gasteiger partial charge in [-0.25, -0.2) is 0 Å². The van der Waals surface area contributed by atoms with Gasteiger partial charge >= 0.3 is 0 Å². The highest BCUT2D eigenvalue weighted by atomic mass is 16.3. The fourth-order valence-electron chi connectivity index (χ4n) is 2.76. The Morgan fingerprint density at radius 2 is 1.96 bits per heavy atom. The smallest absolute Gasteiger partial charge is 0.125 e. The van der Waals surface area contributed by atoms with Gasteiger partial charge in [0.1, 0.15) is 11.4 Å². The van der Waals surface area contributed by atoms with Gasteiger partial charge in [-0.15, -0.1) is 5.10 Å². The predicted octanol–water partition coefficient (Wildman–Crippen LogP) is 4.19. The van der Waals surface area contributed by atoms with Crippen molar-refractivity contribution < 1.29 is 5.11 Å². The van der Waals surface area contributed by atoms with Crippen molar-refractivity contribution in [3.63, 3.8) is 0 Å². The average molecular weight is 332 g/mol. The van der Waals surface area contributed by atoms with Gasteiger partial charge in [-0.1, -0.05) is 6.07 Å². The number of aromatic hydroxyl groups is 1. The zero-order valence-corrected chi connectivity index (χ0v) is 14.6. The summed E-state index contributed by atoms with van der Waals surface area (Å²) in [4.78, 5) is 4.21. The lowest BCUT2D eigenvalue weighted by Gasteiger charge is -2.15. The summed E-state index contributed by atoms with van der Waals surface area (Å²) in [5, 5.41) is 30.0. The Labute approximate surface area is 147 Å². The Morgan fingerprint density at radius 3 is 2.68 bits per heavy atom. The quantitative estimate of drug-likeness (QED) is 0.774. The third-order valence-electron chi connectivity index (χ3n) is 4.36. The number of aromatic nitrogens is 3. The number of benzene rings is 1. The van der Waals surface area contributed by atoms with E-state index in [9.17, 15) is 10.4 Å². The van der Waals surface area contributed by atoms with Crippen molar-refractivity contribution in [2.24, 2.45) is 5.41 Å². The molecule has 0 radical (unpaired) electrons. The molecule has 25 heavy (non-hydrogen) atoms. The second kappa shape index (κ2) is 6.48. The number of phenols is 1. The maximum Gasteiger partial charge on any atom is 0.125 e.